The van der Waals surface area contributed by atoms with Crippen LogP contribution in [0.25, 0.3) is 0 Å². The van der Waals surface area contributed by atoms with Crippen LogP contribution >= 0.6 is 0 Å². The molecule has 110 valence electrons. The first-order valence-corrected chi connectivity index (χ1v) is 7.13. The van der Waals surface area contributed by atoms with Gasteiger partial charge in [0.1, 0.15) is 0 Å². The molecule has 1 aliphatic rings. The van der Waals surface area contributed by atoms with E-state index >= 15 is 0 Å². The molecule has 0 aromatic carbocycles. The lowest BCUT2D eigenvalue weighted by atomic mass is 9.92. The van der Waals surface area contributed by atoms with Crippen molar-refractivity contribution in [3.05, 3.63) is 0 Å². The van der Waals surface area contributed by atoms with Crippen LogP contribution in [0.4, 0.5) is 0 Å². The summed E-state index contributed by atoms with van der Waals surface area (Å²) in [6.45, 7) is 8.96. The molecule has 4 heteroatoms. The highest BCUT2D eigenvalue weighted by molar-refractivity contribution is 5.85. The van der Waals surface area contributed by atoms with E-state index in [4.69, 9.17) is 0 Å². The fourth-order valence-corrected chi connectivity index (χ4v) is 3.09. The molecule has 0 aromatic rings. The Morgan fingerprint density at radius 2 is 1.74 bits per heavy atom. The molecule has 0 saturated heterocycles. The van der Waals surface area contributed by atoms with E-state index in [0.717, 1.165) is 12.8 Å². The van der Waals surface area contributed by atoms with Crippen LogP contribution in [0.15, 0.2) is 0 Å². The second kappa shape index (κ2) is 5.93. The molecule has 1 fully saturated rings. The number of amides is 1. The summed E-state index contributed by atoms with van der Waals surface area (Å²) in [6.07, 6.45) is 2.32. The number of carbonyl (C=O) groups is 2. The van der Waals surface area contributed by atoms with Gasteiger partial charge in [-0.2, -0.15) is 0 Å². The van der Waals surface area contributed by atoms with Crippen molar-refractivity contribution in [2.45, 2.75) is 47.0 Å². The van der Waals surface area contributed by atoms with E-state index < -0.39 is 11.9 Å². The number of rotatable bonds is 4. The topological polar surface area (TPSA) is 57.6 Å². The van der Waals surface area contributed by atoms with Gasteiger partial charge in [0.25, 0.3) is 0 Å². The van der Waals surface area contributed by atoms with Crippen LogP contribution < -0.4 is 0 Å². The van der Waals surface area contributed by atoms with Gasteiger partial charge in [0.2, 0.25) is 5.91 Å². The lowest BCUT2D eigenvalue weighted by Gasteiger charge is -2.29. The van der Waals surface area contributed by atoms with E-state index in [2.05, 4.69) is 27.7 Å². The highest BCUT2D eigenvalue weighted by atomic mass is 16.4. The van der Waals surface area contributed by atoms with Crippen LogP contribution in [-0.4, -0.2) is 35.5 Å². The number of carboxylic acid groups (broad SMARTS) is 1. The molecule has 4 nitrogen and oxygen atoms in total. The minimum atomic E-state index is -0.821. The first kappa shape index (κ1) is 16.0. The van der Waals surface area contributed by atoms with Crippen molar-refractivity contribution in [3.8, 4) is 0 Å². The fraction of sp³-hybridized carbons (Fsp3) is 0.867. The number of hydrogen-bond donors (Lipinski definition) is 1. The summed E-state index contributed by atoms with van der Waals surface area (Å²) in [5.74, 6) is -1.29. The summed E-state index contributed by atoms with van der Waals surface area (Å²) < 4.78 is 0. The van der Waals surface area contributed by atoms with E-state index in [1.54, 1.807) is 11.9 Å². The number of carboxylic acids is 1. The molecular formula is C15H27NO3. The largest absolute Gasteiger partial charge is 0.481 e. The van der Waals surface area contributed by atoms with Crippen molar-refractivity contribution in [3.63, 3.8) is 0 Å². The molecule has 1 N–H and O–H groups in total. The Kier molecular flexibility index (Phi) is 4.99. The van der Waals surface area contributed by atoms with Gasteiger partial charge in [-0.15, -0.1) is 0 Å². The molecule has 0 spiro atoms. The van der Waals surface area contributed by atoms with Gasteiger partial charge in [0.05, 0.1) is 11.8 Å². The van der Waals surface area contributed by atoms with E-state index in [1.165, 1.54) is 0 Å². The Hall–Kier alpha value is -1.06. The third kappa shape index (κ3) is 4.22. The predicted octanol–water partition coefficient (Wildman–Crippen LogP) is 2.63. The van der Waals surface area contributed by atoms with Crippen LogP contribution in [0.3, 0.4) is 0 Å². The maximum atomic E-state index is 12.5. The molecule has 3 atom stereocenters. The lowest BCUT2D eigenvalue weighted by molar-refractivity contribution is -0.149. The van der Waals surface area contributed by atoms with E-state index in [0.29, 0.717) is 18.9 Å². The van der Waals surface area contributed by atoms with Crippen LogP contribution in [0.2, 0.25) is 0 Å². The van der Waals surface area contributed by atoms with Crippen molar-refractivity contribution < 1.29 is 14.7 Å². The highest BCUT2D eigenvalue weighted by Gasteiger charge is 2.43. The van der Waals surface area contributed by atoms with Gasteiger partial charge in [0.15, 0.2) is 0 Å². The maximum Gasteiger partial charge on any atom is 0.307 e. The van der Waals surface area contributed by atoms with Crippen molar-refractivity contribution in [1.29, 1.82) is 0 Å². The number of carbonyl (C=O) groups excluding carboxylic acids is 1. The molecule has 19 heavy (non-hydrogen) atoms. The van der Waals surface area contributed by atoms with Gasteiger partial charge >= 0.3 is 5.97 Å². The Morgan fingerprint density at radius 3 is 2.16 bits per heavy atom. The quantitative estimate of drug-likeness (QED) is 0.853. The monoisotopic (exact) mass is 269 g/mol. The van der Waals surface area contributed by atoms with Crippen molar-refractivity contribution in [2.75, 3.05) is 13.6 Å². The highest BCUT2D eigenvalue weighted by Crippen LogP contribution is 2.39. The molecule has 1 aliphatic carbocycles. The summed E-state index contributed by atoms with van der Waals surface area (Å²) in [5.41, 5.74) is 0.0336. The lowest BCUT2D eigenvalue weighted by Crippen LogP contribution is -2.40. The summed E-state index contributed by atoms with van der Waals surface area (Å²) in [4.78, 5) is 25.5. The molecule has 0 heterocycles. The minimum absolute atomic E-state index is 0.00160. The van der Waals surface area contributed by atoms with Crippen molar-refractivity contribution >= 4 is 11.9 Å². The summed E-state index contributed by atoms with van der Waals surface area (Å²) in [7, 11) is 1.78. The summed E-state index contributed by atoms with van der Waals surface area (Å²) >= 11 is 0. The van der Waals surface area contributed by atoms with Gasteiger partial charge in [-0.1, -0.05) is 34.1 Å². The van der Waals surface area contributed by atoms with Crippen molar-refractivity contribution in [1.82, 2.24) is 4.90 Å². The van der Waals surface area contributed by atoms with Gasteiger partial charge < -0.3 is 10.0 Å². The van der Waals surface area contributed by atoms with E-state index in [-0.39, 0.29) is 17.2 Å². The predicted molar refractivity (Wildman–Crippen MR) is 74.7 cm³/mol. The van der Waals surface area contributed by atoms with Crippen LogP contribution in [0.5, 0.6) is 0 Å². The zero-order valence-corrected chi connectivity index (χ0v) is 12.8. The second-order valence-corrected chi connectivity index (χ2v) is 7.05. The third-order valence-corrected chi connectivity index (χ3v) is 3.96. The first-order chi connectivity index (χ1) is 8.65. The molecule has 0 aromatic heterocycles. The number of nitrogens with zero attached hydrogens (tertiary/aromatic N) is 1. The van der Waals surface area contributed by atoms with E-state index in [1.807, 2.05) is 0 Å². The molecule has 0 aliphatic heterocycles. The van der Waals surface area contributed by atoms with Gasteiger partial charge in [-0.3, -0.25) is 9.59 Å². The smallest absolute Gasteiger partial charge is 0.307 e. The number of hydrogen-bond acceptors (Lipinski definition) is 2. The maximum absolute atomic E-state index is 12.5. The van der Waals surface area contributed by atoms with Crippen LogP contribution in [0, 0.1) is 23.2 Å². The molecule has 3 unspecified atom stereocenters. The third-order valence-electron chi connectivity index (χ3n) is 3.96. The zero-order chi connectivity index (χ0) is 14.8. The zero-order valence-electron chi connectivity index (χ0n) is 12.8. The van der Waals surface area contributed by atoms with Crippen molar-refractivity contribution in [2.24, 2.45) is 23.2 Å². The molecule has 1 rings (SSSR count). The van der Waals surface area contributed by atoms with Gasteiger partial charge in [0, 0.05) is 13.6 Å². The molecule has 1 amide bonds. The fourth-order valence-electron chi connectivity index (χ4n) is 3.09. The molecular weight excluding hydrogens is 242 g/mol. The number of aliphatic carboxylic acids is 1. The molecule has 0 bridgehead atoms. The second-order valence-electron chi connectivity index (χ2n) is 7.05. The Bertz CT molecular complexity index is 346. The molecule has 1 saturated carbocycles. The standard InChI is InChI=1S/C15H27NO3/c1-6-10-7-11(12(8-10)14(18)19)13(17)16(5)9-15(2,3)4/h10-12H,6-9H2,1-5H3,(H,18,19). The Balaban J connectivity index is 2.76. The Labute approximate surface area is 116 Å². The van der Waals surface area contributed by atoms with Crippen LogP contribution in [-0.2, 0) is 9.59 Å². The van der Waals surface area contributed by atoms with Crippen LogP contribution in [0.1, 0.15) is 47.0 Å². The average Bonchev–Trinajstić information content (AvgIpc) is 2.69. The molecule has 0 radical (unpaired) electrons. The average molecular weight is 269 g/mol. The minimum Gasteiger partial charge on any atom is -0.481 e. The van der Waals surface area contributed by atoms with Gasteiger partial charge in [-0.05, 0) is 24.2 Å². The van der Waals surface area contributed by atoms with E-state index in [9.17, 15) is 14.7 Å². The van der Waals surface area contributed by atoms with Gasteiger partial charge in [-0.25, -0.2) is 0 Å². The normalized spacial score (nSPS) is 27.3. The summed E-state index contributed by atoms with van der Waals surface area (Å²) in [6, 6.07) is 0. The first-order valence-electron chi connectivity index (χ1n) is 7.13. The summed E-state index contributed by atoms with van der Waals surface area (Å²) in [5, 5.41) is 9.29. The Morgan fingerprint density at radius 1 is 1.21 bits per heavy atom. The SMILES string of the molecule is CCC1CC(C(=O)O)C(C(=O)N(C)CC(C)(C)C)C1.